The first-order chi connectivity index (χ1) is 11.0. The minimum atomic E-state index is -1.58. The normalized spacial score (nSPS) is 8.28. The summed E-state index contributed by atoms with van der Waals surface area (Å²) in [6.07, 6.45) is 1.94. The molecule has 25 heavy (non-hydrogen) atoms. The van der Waals surface area contributed by atoms with E-state index in [4.69, 9.17) is 0 Å². The molecule has 0 fully saturated rings. The fourth-order valence-electron chi connectivity index (χ4n) is 0.987. The number of Topliss-reactive ketones (excluding diaryl/α,β-unsaturated/α-hetero) is 3. The molecule has 0 heterocycles. The summed E-state index contributed by atoms with van der Waals surface area (Å²) in [5.74, 6) is -7.17. The van der Waals surface area contributed by atoms with Crippen LogP contribution >= 0.6 is 0 Å². The van der Waals surface area contributed by atoms with Gasteiger partial charge in [-0.05, 0) is 19.3 Å². The fraction of sp³-hybridized carbons (Fsp3) is 0.600. The van der Waals surface area contributed by atoms with Gasteiger partial charge >= 0.3 is 17.4 Å². The third kappa shape index (κ3) is 24.3. The second-order valence-electron chi connectivity index (χ2n) is 4.38. The minimum absolute atomic E-state index is 0. The third-order valence-electron chi connectivity index (χ3n) is 2.11. The van der Waals surface area contributed by atoms with Crippen LogP contribution in [0.25, 0.3) is 0 Å². The molecule has 0 aliphatic heterocycles. The predicted molar refractivity (Wildman–Crippen MR) is 80.5 cm³/mol. The van der Waals surface area contributed by atoms with E-state index in [2.05, 4.69) is 0 Å². The van der Waals surface area contributed by atoms with Gasteiger partial charge < -0.3 is 29.7 Å². The first-order valence-corrected chi connectivity index (χ1v) is 7.27. The van der Waals surface area contributed by atoms with Gasteiger partial charge in [-0.25, -0.2) is 0 Å². The molecule has 0 bridgehead atoms. The number of hydrogen-bond donors (Lipinski definition) is 0. The molecule has 138 valence electrons. The Morgan fingerprint density at radius 1 is 0.520 bits per heavy atom. The van der Waals surface area contributed by atoms with E-state index >= 15 is 0 Å². The first kappa shape index (κ1) is 30.8. The van der Waals surface area contributed by atoms with Crippen LogP contribution in [-0.4, -0.2) is 52.6 Å². The average molecular weight is 372 g/mol. The molecule has 0 atom stereocenters. The molecular weight excluding hydrogens is 351 g/mol. The van der Waals surface area contributed by atoms with Crippen LogP contribution in [0.1, 0.15) is 59.3 Å². The van der Waals surface area contributed by atoms with E-state index in [1.165, 1.54) is 0 Å². The van der Waals surface area contributed by atoms with Gasteiger partial charge in [0.15, 0.2) is 17.3 Å². The van der Waals surface area contributed by atoms with E-state index in [0.717, 1.165) is 0 Å². The van der Waals surface area contributed by atoms with Gasteiger partial charge in [0, 0.05) is 19.3 Å². The summed E-state index contributed by atoms with van der Waals surface area (Å²) < 4.78 is 0. The van der Waals surface area contributed by atoms with Gasteiger partial charge in [-0.3, -0.25) is 14.4 Å². The number of ketones is 3. The zero-order valence-corrected chi connectivity index (χ0v) is 15.6. The first-order valence-electron chi connectivity index (χ1n) is 7.27. The van der Waals surface area contributed by atoms with Crippen molar-refractivity contribution in [3.8, 4) is 0 Å². The maximum atomic E-state index is 10.1. The molecule has 0 N–H and O–H groups in total. The number of carbonyl (C=O) groups excluding carboxylic acids is 6. The Labute approximate surface area is 156 Å². The molecule has 0 saturated heterocycles. The van der Waals surface area contributed by atoms with Crippen LogP contribution in [0.4, 0.5) is 0 Å². The molecule has 10 heteroatoms. The van der Waals surface area contributed by atoms with E-state index in [1.54, 1.807) is 20.8 Å². The zero-order chi connectivity index (χ0) is 19.7. The molecule has 0 aromatic heterocycles. The van der Waals surface area contributed by atoms with Gasteiger partial charge in [0.2, 0.25) is 0 Å². The monoisotopic (exact) mass is 372 g/mol. The van der Waals surface area contributed by atoms with Crippen molar-refractivity contribution < 1.29 is 44.1 Å². The van der Waals surface area contributed by atoms with Crippen molar-refractivity contribution in [3.63, 3.8) is 0 Å². The number of rotatable bonds is 9. The molecule has 0 unspecified atom stereocenters. The summed E-state index contributed by atoms with van der Waals surface area (Å²) in [4.78, 5) is 59.1. The zero-order valence-electron chi connectivity index (χ0n) is 14.5. The molecular formula is C15H21AlO9. The van der Waals surface area contributed by atoms with Gasteiger partial charge in [0.1, 0.15) is 17.9 Å². The number of carboxylic acid groups (broad SMARTS) is 3. The maximum Gasteiger partial charge on any atom is 3.00 e. The van der Waals surface area contributed by atoms with E-state index in [-0.39, 0.29) is 36.6 Å². The van der Waals surface area contributed by atoms with Gasteiger partial charge in [0.25, 0.3) is 0 Å². The second-order valence-corrected chi connectivity index (χ2v) is 4.38. The van der Waals surface area contributed by atoms with Crippen LogP contribution in [0, 0.1) is 0 Å². The summed E-state index contributed by atoms with van der Waals surface area (Å²) in [5, 5.41) is 28.9. The standard InChI is InChI=1S/3C5H8O3.Al/c3*1-2-3-4(6)5(7)8;/h3*2-3H2,1H3,(H,7,8);/q;;;+3/p-3. The largest absolute Gasteiger partial charge is 3.00 e. The Bertz CT molecular complexity index is 391. The Morgan fingerprint density at radius 2 is 0.680 bits per heavy atom. The van der Waals surface area contributed by atoms with Gasteiger partial charge in [-0.15, -0.1) is 0 Å². The Balaban J connectivity index is -0.000000130. The minimum Gasteiger partial charge on any atom is -0.542 e. The number of carbonyl (C=O) groups is 6. The van der Waals surface area contributed by atoms with Crippen molar-refractivity contribution in [1.82, 2.24) is 0 Å². The smallest absolute Gasteiger partial charge is 0.542 e. The number of aliphatic carboxylic acids is 3. The van der Waals surface area contributed by atoms with Crippen molar-refractivity contribution in [2.45, 2.75) is 59.3 Å². The number of carboxylic acids is 3. The maximum absolute atomic E-state index is 10.1. The van der Waals surface area contributed by atoms with E-state index in [9.17, 15) is 44.1 Å². The van der Waals surface area contributed by atoms with Crippen molar-refractivity contribution in [3.05, 3.63) is 0 Å². The second kappa shape index (κ2) is 20.0. The summed E-state index contributed by atoms with van der Waals surface area (Å²) >= 11 is 0. The van der Waals surface area contributed by atoms with E-state index in [0.29, 0.717) is 19.3 Å². The Kier molecular flexibility index (Phi) is 24.6. The molecule has 0 aromatic rings. The van der Waals surface area contributed by atoms with Gasteiger partial charge in [0.05, 0.1) is 0 Å². The molecule has 0 spiro atoms. The third-order valence-corrected chi connectivity index (χ3v) is 2.11. The molecule has 0 aromatic carbocycles. The molecule has 0 aliphatic rings. The van der Waals surface area contributed by atoms with Crippen LogP contribution in [0.15, 0.2) is 0 Å². The summed E-state index contributed by atoms with van der Waals surface area (Å²) in [6.45, 7) is 5.21. The number of hydrogen-bond acceptors (Lipinski definition) is 9. The SMILES string of the molecule is CCCC(=O)C(=O)[O-].CCCC(=O)C(=O)[O-].CCCC(=O)C(=O)[O-].[Al+3]. The molecule has 0 aliphatic carbocycles. The summed E-state index contributed by atoms with van der Waals surface area (Å²) in [7, 11) is 0. The van der Waals surface area contributed by atoms with Crippen molar-refractivity contribution in [2.75, 3.05) is 0 Å². The Morgan fingerprint density at radius 3 is 0.720 bits per heavy atom. The topological polar surface area (TPSA) is 172 Å². The van der Waals surface area contributed by atoms with E-state index in [1.807, 2.05) is 0 Å². The fourth-order valence-corrected chi connectivity index (χ4v) is 0.987. The molecule has 0 amide bonds. The molecule has 9 nitrogen and oxygen atoms in total. The van der Waals surface area contributed by atoms with Crippen molar-refractivity contribution in [1.29, 1.82) is 0 Å². The van der Waals surface area contributed by atoms with Crippen LogP contribution in [0.3, 0.4) is 0 Å². The average Bonchev–Trinajstić information content (AvgIpc) is 2.49. The summed E-state index contributed by atoms with van der Waals surface area (Å²) in [6, 6.07) is 0. The van der Waals surface area contributed by atoms with Gasteiger partial charge in [-0.2, -0.15) is 0 Å². The van der Waals surface area contributed by atoms with E-state index < -0.39 is 35.3 Å². The van der Waals surface area contributed by atoms with Crippen molar-refractivity contribution >= 4 is 52.6 Å². The van der Waals surface area contributed by atoms with Crippen LogP contribution in [-0.2, 0) is 28.8 Å². The predicted octanol–water partition coefficient (Wildman–Crippen LogP) is -3.06. The van der Waals surface area contributed by atoms with Crippen LogP contribution in [0.5, 0.6) is 0 Å². The quantitative estimate of drug-likeness (QED) is 0.301. The van der Waals surface area contributed by atoms with Crippen LogP contribution in [0.2, 0.25) is 0 Å². The molecule has 0 saturated carbocycles. The molecule has 0 rings (SSSR count). The van der Waals surface area contributed by atoms with Gasteiger partial charge in [-0.1, -0.05) is 20.8 Å². The van der Waals surface area contributed by atoms with Crippen molar-refractivity contribution in [2.24, 2.45) is 0 Å². The summed E-state index contributed by atoms with van der Waals surface area (Å²) in [5.41, 5.74) is 0. The van der Waals surface area contributed by atoms with Crippen LogP contribution < -0.4 is 15.3 Å². The Hall–Kier alpha value is -2.05. The molecule has 0 radical (unpaired) electrons.